The van der Waals surface area contributed by atoms with Gasteiger partial charge in [0.05, 0.1) is 23.8 Å². The molecule has 1 aromatic rings. The Labute approximate surface area is 146 Å². The summed E-state index contributed by atoms with van der Waals surface area (Å²) in [5.74, 6) is -1.96. The van der Waals surface area contributed by atoms with Gasteiger partial charge in [-0.1, -0.05) is 0 Å². The number of hydrogen-bond donors (Lipinski definition) is 2. The molecule has 3 aliphatic heterocycles. The van der Waals surface area contributed by atoms with Gasteiger partial charge in [-0.05, 0) is 37.5 Å². The lowest BCUT2D eigenvalue weighted by Crippen LogP contribution is -2.44. The molecule has 8 nitrogen and oxygen atoms in total. The van der Waals surface area contributed by atoms with E-state index in [1.807, 2.05) is 0 Å². The average Bonchev–Trinajstić information content (AvgIpc) is 3.20. The predicted octanol–water partition coefficient (Wildman–Crippen LogP) is 0.340. The fourth-order valence-electron chi connectivity index (χ4n) is 3.71. The first kappa shape index (κ1) is 16.9. The number of anilines is 1. The van der Waals surface area contributed by atoms with Gasteiger partial charge in [-0.25, -0.2) is 8.42 Å². The zero-order chi connectivity index (χ0) is 17.7. The van der Waals surface area contributed by atoms with Crippen LogP contribution in [0.25, 0.3) is 0 Å². The largest absolute Gasteiger partial charge is 0.338 e. The summed E-state index contributed by atoms with van der Waals surface area (Å²) in [5, 5.41) is 2.71. The van der Waals surface area contributed by atoms with Crippen molar-refractivity contribution in [2.75, 3.05) is 31.6 Å². The molecule has 0 unspecified atom stereocenters. The van der Waals surface area contributed by atoms with Crippen LogP contribution in [0.1, 0.15) is 24.8 Å². The van der Waals surface area contributed by atoms with Gasteiger partial charge in [-0.15, -0.1) is 0 Å². The fraction of sp³-hybridized carbons (Fsp3) is 0.562. The van der Waals surface area contributed by atoms with Crippen LogP contribution in [-0.4, -0.2) is 51.0 Å². The second kappa shape index (κ2) is 6.03. The Morgan fingerprint density at radius 2 is 2.04 bits per heavy atom. The number of fused-ring (bicyclic) bond motifs is 2. The molecule has 1 atom stereocenters. The summed E-state index contributed by atoms with van der Waals surface area (Å²) in [6, 6.07) is 4.39. The number of ether oxygens (including phenoxy) is 2. The van der Waals surface area contributed by atoms with E-state index in [1.54, 1.807) is 6.07 Å². The van der Waals surface area contributed by atoms with Crippen LogP contribution in [-0.2, 0) is 30.1 Å². The Hall–Kier alpha value is -1.52. The van der Waals surface area contributed by atoms with Gasteiger partial charge in [0.15, 0.2) is 0 Å². The minimum absolute atomic E-state index is 0.125. The molecular formula is C16H21N3O5S. The number of amides is 1. The van der Waals surface area contributed by atoms with E-state index < -0.39 is 21.7 Å². The standard InChI is InChI=1S/C16H21N3O5S/c17-10-11-3-1-6-19(11)25(21,22)12-4-5-14-13(9-12)16(15(20)18-14)23-7-2-8-24-16/h4-5,9,11H,1-3,6-8,10,17H2,(H,18,20)/t11-/m0/s1. The van der Waals surface area contributed by atoms with Gasteiger partial charge >= 0.3 is 0 Å². The lowest BCUT2D eigenvalue weighted by molar-refractivity contribution is -0.255. The van der Waals surface area contributed by atoms with Gasteiger partial charge in [0.1, 0.15) is 0 Å². The zero-order valence-corrected chi connectivity index (χ0v) is 14.5. The normalized spacial score (nSPS) is 26.0. The van der Waals surface area contributed by atoms with Gasteiger partial charge in [0, 0.05) is 24.7 Å². The minimum Gasteiger partial charge on any atom is -0.338 e. The van der Waals surface area contributed by atoms with E-state index in [2.05, 4.69) is 5.32 Å². The molecule has 3 heterocycles. The third kappa shape index (κ3) is 2.49. The molecule has 136 valence electrons. The summed E-state index contributed by atoms with van der Waals surface area (Å²) in [4.78, 5) is 12.5. The average molecular weight is 367 g/mol. The van der Waals surface area contributed by atoms with Gasteiger partial charge in [-0.3, -0.25) is 4.79 Å². The molecule has 2 fully saturated rings. The first-order valence-electron chi connectivity index (χ1n) is 8.45. The van der Waals surface area contributed by atoms with E-state index in [9.17, 15) is 13.2 Å². The number of carbonyl (C=O) groups is 1. The molecule has 1 spiro atoms. The summed E-state index contributed by atoms with van der Waals surface area (Å²) >= 11 is 0. The van der Waals surface area contributed by atoms with Crippen molar-refractivity contribution in [2.45, 2.75) is 36.0 Å². The number of sulfonamides is 1. The first-order valence-corrected chi connectivity index (χ1v) is 9.89. The molecule has 3 aliphatic rings. The minimum atomic E-state index is -3.69. The molecule has 0 saturated carbocycles. The fourth-order valence-corrected chi connectivity index (χ4v) is 5.44. The maximum Gasteiger partial charge on any atom is 0.289 e. The van der Waals surface area contributed by atoms with Crippen molar-refractivity contribution < 1.29 is 22.7 Å². The number of nitrogens with zero attached hydrogens (tertiary/aromatic N) is 1. The van der Waals surface area contributed by atoms with Crippen LogP contribution >= 0.6 is 0 Å². The molecule has 3 N–H and O–H groups in total. The number of rotatable bonds is 3. The van der Waals surface area contributed by atoms with Crippen LogP contribution in [0.15, 0.2) is 23.1 Å². The molecule has 1 amide bonds. The van der Waals surface area contributed by atoms with Crippen molar-refractivity contribution in [1.82, 2.24) is 4.31 Å². The van der Waals surface area contributed by atoms with Crippen molar-refractivity contribution in [3.8, 4) is 0 Å². The third-order valence-electron chi connectivity index (χ3n) is 4.99. The van der Waals surface area contributed by atoms with Crippen molar-refractivity contribution in [3.05, 3.63) is 23.8 Å². The van der Waals surface area contributed by atoms with Crippen molar-refractivity contribution in [1.29, 1.82) is 0 Å². The van der Waals surface area contributed by atoms with Crippen LogP contribution in [0.5, 0.6) is 0 Å². The van der Waals surface area contributed by atoms with Gasteiger partial charge in [0.2, 0.25) is 10.0 Å². The van der Waals surface area contributed by atoms with Crippen LogP contribution in [0.3, 0.4) is 0 Å². The highest BCUT2D eigenvalue weighted by Crippen LogP contribution is 2.43. The lowest BCUT2D eigenvalue weighted by atomic mass is 10.1. The molecule has 9 heteroatoms. The van der Waals surface area contributed by atoms with E-state index in [0.29, 0.717) is 44.0 Å². The summed E-state index contributed by atoms with van der Waals surface area (Å²) in [5.41, 5.74) is 6.65. The molecule has 0 bridgehead atoms. The monoisotopic (exact) mass is 367 g/mol. The second-order valence-electron chi connectivity index (χ2n) is 6.48. The quantitative estimate of drug-likeness (QED) is 0.797. The SMILES string of the molecule is NC[C@@H]1CCCN1S(=O)(=O)c1ccc2c(c1)C1(OCCCO1)C(=O)N2. The Bertz CT molecular complexity index is 804. The van der Waals surface area contributed by atoms with E-state index in [4.69, 9.17) is 15.2 Å². The highest BCUT2D eigenvalue weighted by molar-refractivity contribution is 7.89. The lowest BCUT2D eigenvalue weighted by Gasteiger charge is -2.32. The Morgan fingerprint density at radius 1 is 1.28 bits per heavy atom. The van der Waals surface area contributed by atoms with Crippen LogP contribution in [0.2, 0.25) is 0 Å². The first-order chi connectivity index (χ1) is 12.0. The summed E-state index contributed by atoms with van der Waals surface area (Å²) in [6.07, 6.45) is 2.24. The van der Waals surface area contributed by atoms with Crippen molar-refractivity contribution in [3.63, 3.8) is 0 Å². The maximum absolute atomic E-state index is 13.0. The highest BCUT2D eigenvalue weighted by atomic mass is 32.2. The van der Waals surface area contributed by atoms with Crippen molar-refractivity contribution in [2.24, 2.45) is 5.73 Å². The Morgan fingerprint density at radius 3 is 2.76 bits per heavy atom. The summed E-state index contributed by atoms with van der Waals surface area (Å²) in [7, 11) is -3.69. The van der Waals surface area contributed by atoms with Gasteiger partial charge in [0.25, 0.3) is 11.7 Å². The second-order valence-corrected chi connectivity index (χ2v) is 8.37. The highest BCUT2D eigenvalue weighted by Gasteiger charge is 2.51. The summed E-state index contributed by atoms with van der Waals surface area (Å²) in [6.45, 7) is 1.51. The number of nitrogens with one attached hydrogen (secondary N) is 1. The molecule has 1 aromatic carbocycles. The van der Waals surface area contributed by atoms with Gasteiger partial charge in [-0.2, -0.15) is 4.31 Å². The molecule has 0 aromatic heterocycles. The molecule has 0 aliphatic carbocycles. The van der Waals surface area contributed by atoms with Crippen LogP contribution < -0.4 is 11.1 Å². The van der Waals surface area contributed by atoms with Crippen LogP contribution in [0, 0.1) is 0 Å². The molecule has 2 saturated heterocycles. The third-order valence-corrected chi connectivity index (χ3v) is 6.94. The number of carbonyl (C=O) groups excluding carboxylic acids is 1. The van der Waals surface area contributed by atoms with E-state index in [1.165, 1.54) is 16.4 Å². The van der Waals surface area contributed by atoms with E-state index in [0.717, 1.165) is 12.8 Å². The predicted molar refractivity (Wildman–Crippen MR) is 89.2 cm³/mol. The number of nitrogens with two attached hydrogens (primary N) is 1. The van der Waals surface area contributed by atoms with E-state index >= 15 is 0 Å². The number of benzene rings is 1. The maximum atomic E-state index is 13.0. The molecule has 25 heavy (non-hydrogen) atoms. The topological polar surface area (TPSA) is 111 Å². The van der Waals surface area contributed by atoms with Crippen LogP contribution in [0.4, 0.5) is 5.69 Å². The molecule has 0 radical (unpaired) electrons. The Balaban J connectivity index is 1.76. The molecular weight excluding hydrogens is 346 g/mol. The number of hydrogen-bond acceptors (Lipinski definition) is 6. The van der Waals surface area contributed by atoms with Gasteiger partial charge < -0.3 is 20.5 Å². The zero-order valence-electron chi connectivity index (χ0n) is 13.7. The van der Waals surface area contributed by atoms with E-state index in [-0.39, 0.29) is 10.9 Å². The van der Waals surface area contributed by atoms with Crippen molar-refractivity contribution >= 4 is 21.6 Å². The molecule has 4 rings (SSSR count). The summed E-state index contributed by atoms with van der Waals surface area (Å²) < 4.78 is 38.8. The Kier molecular flexibility index (Phi) is 4.08. The smallest absolute Gasteiger partial charge is 0.289 e.